The Morgan fingerprint density at radius 2 is 1.50 bits per heavy atom. The summed E-state index contributed by atoms with van der Waals surface area (Å²) in [4.78, 5) is 16.2. The number of hydrogen-bond donors (Lipinski definition) is 1. The molecule has 2 saturated heterocycles. The predicted octanol–water partition coefficient (Wildman–Crippen LogP) is -0.135. The smallest absolute Gasteiger partial charge is 0.330 e. The van der Waals surface area contributed by atoms with E-state index in [2.05, 4.69) is 9.80 Å². The Balaban J connectivity index is 1.44. The second-order valence-electron chi connectivity index (χ2n) is 6.40. The van der Waals surface area contributed by atoms with Crippen LogP contribution in [0, 0.1) is 0 Å². The number of rotatable bonds is 11. The lowest BCUT2D eigenvalue weighted by Gasteiger charge is -2.26. The predicted molar refractivity (Wildman–Crippen MR) is 95.8 cm³/mol. The van der Waals surface area contributed by atoms with Gasteiger partial charge in [-0.1, -0.05) is 0 Å². The third-order valence-electron chi connectivity index (χ3n) is 4.37. The highest BCUT2D eigenvalue weighted by Gasteiger charge is 2.11. The quantitative estimate of drug-likeness (QED) is 0.232. The number of aliphatic hydroxyl groups excluding tert-OH is 1. The summed E-state index contributed by atoms with van der Waals surface area (Å²) < 4.78 is 21.0. The van der Waals surface area contributed by atoms with Gasteiger partial charge in [0, 0.05) is 45.3 Å². The minimum absolute atomic E-state index is 0.372. The van der Waals surface area contributed by atoms with Crippen molar-refractivity contribution in [1.82, 2.24) is 9.80 Å². The molecule has 0 aliphatic carbocycles. The van der Waals surface area contributed by atoms with Crippen LogP contribution in [0.5, 0.6) is 0 Å². The van der Waals surface area contributed by atoms with Crippen LogP contribution in [0.3, 0.4) is 0 Å². The first-order valence-electron chi connectivity index (χ1n) is 9.49. The van der Waals surface area contributed by atoms with Gasteiger partial charge in [0.25, 0.3) is 0 Å². The number of nitrogens with zero attached hydrogens (tertiary/aromatic N) is 2. The van der Waals surface area contributed by atoms with Crippen LogP contribution < -0.4 is 0 Å². The molecule has 26 heavy (non-hydrogen) atoms. The van der Waals surface area contributed by atoms with E-state index < -0.39 is 12.3 Å². The van der Waals surface area contributed by atoms with Gasteiger partial charge in [0.05, 0.1) is 39.6 Å². The fraction of sp³-hybridized carbons (Fsp3) is 0.833. The van der Waals surface area contributed by atoms with Crippen LogP contribution in [0.1, 0.15) is 12.8 Å². The summed E-state index contributed by atoms with van der Waals surface area (Å²) in [5.41, 5.74) is 0. The van der Waals surface area contributed by atoms with Gasteiger partial charge in [-0.15, -0.1) is 0 Å². The minimum Gasteiger partial charge on any atom is -0.462 e. The molecule has 1 N–H and O–H groups in total. The molecule has 2 fully saturated rings. The van der Waals surface area contributed by atoms with Crippen molar-refractivity contribution in [2.75, 3.05) is 78.9 Å². The van der Waals surface area contributed by atoms with E-state index in [1.54, 1.807) is 0 Å². The lowest BCUT2D eigenvalue weighted by Crippen LogP contribution is -2.37. The van der Waals surface area contributed by atoms with Crippen molar-refractivity contribution in [2.24, 2.45) is 0 Å². The maximum Gasteiger partial charge on any atom is 0.330 e. The number of ether oxygens (including phenoxy) is 4. The molecule has 2 aliphatic heterocycles. The topological polar surface area (TPSA) is 80.7 Å². The third kappa shape index (κ3) is 9.61. The minimum atomic E-state index is -1.08. The van der Waals surface area contributed by atoms with Crippen LogP contribution in [0.4, 0.5) is 0 Å². The Hall–Kier alpha value is -1.03. The Labute approximate surface area is 155 Å². The van der Waals surface area contributed by atoms with Gasteiger partial charge in [0.1, 0.15) is 0 Å². The zero-order valence-corrected chi connectivity index (χ0v) is 15.5. The van der Waals surface area contributed by atoms with Gasteiger partial charge in [-0.25, -0.2) is 4.79 Å². The van der Waals surface area contributed by atoms with Gasteiger partial charge < -0.3 is 24.1 Å². The number of carbonyl (C=O) groups excluding carboxylic acids is 1. The van der Waals surface area contributed by atoms with E-state index in [1.165, 1.54) is 12.2 Å². The van der Waals surface area contributed by atoms with Crippen LogP contribution in [0.25, 0.3) is 0 Å². The first-order chi connectivity index (χ1) is 12.7. The normalized spacial score (nSPS) is 21.1. The molecular weight excluding hydrogens is 340 g/mol. The molecule has 0 aromatic rings. The van der Waals surface area contributed by atoms with E-state index >= 15 is 0 Å². The molecule has 0 aromatic carbocycles. The molecule has 2 rings (SSSR count). The summed E-state index contributed by atoms with van der Waals surface area (Å²) in [7, 11) is 0. The summed E-state index contributed by atoms with van der Waals surface area (Å²) in [5, 5.41) is 9.71. The molecule has 0 bridgehead atoms. The molecule has 2 aliphatic rings. The molecule has 2 heterocycles. The summed E-state index contributed by atoms with van der Waals surface area (Å²) in [6.45, 7) is 9.49. The molecule has 0 amide bonds. The Morgan fingerprint density at radius 3 is 2.08 bits per heavy atom. The molecule has 0 aromatic heterocycles. The van der Waals surface area contributed by atoms with Crippen molar-refractivity contribution in [3.63, 3.8) is 0 Å². The fourth-order valence-corrected chi connectivity index (χ4v) is 2.87. The highest BCUT2D eigenvalue weighted by Crippen LogP contribution is 2.01. The molecule has 0 saturated carbocycles. The van der Waals surface area contributed by atoms with Crippen LogP contribution >= 0.6 is 0 Å². The molecule has 8 nitrogen and oxygen atoms in total. The molecule has 1 atom stereocenters. The van der Waals surface area contributed by atoms with Gasteiger partial charge in [-0.05, 0) is 18.9 Å². The van der Waals surface area contributed by atoms with E-state index in [0.29, 0.717) is 13.2 Å². The Morgan fingerprint density at radius 1 is 0.962 bits per heavy atom. The second kappa shape index (κ2) is 13.2. The molecule has 1 unspecified atom stereocenters. The van der Waals surface area contributed by atoms with Crippen LogP contribution in [0.2, 0.25) is 0 Å². The lowest BCUT2D eigenvalue weighted by molar-refractivity contribution is -0.138. The molecule has 150 valence electrons. The highest BCUT2D eigenvalue weighted by molar-refractivity contribution is 5.81. The number of morpholine rings is 2. The second-order valence-corrected chi connectivity index (χ2v) is 6.40. The summed E-state index contributed by atoms with van der Waals surface area (Å²) in [6, 6.07) is 0. The van der Waals surface area contributed by atoms with Gasteiger partial charge in [0.2, 0.25) is 0 Å². The molecule has 8 heteroatoms. The largest absolute Gasteiger partial charge is 0.462 e. The average Bonchev–Trinajstić information content (AvgIpc) is 2.68. The average molecular weight is 372 g/mol. The Kier molecular flexibility index (Phi) is 10.8. The summed E-state index contributed by atoms with van der Waals surface area (Å²) >= 11 is 0. The first-order valence-corrected chi connectivity index (χ1v) is 9.49. The first kappa shape index (κ1) is 21.3. The maximum absolute atomic E-state index is 11.6. The maximum atomic E-state index is 11.6. The van der Waals surface area contributed by atoms with Gasteiger partial charge in [0.15, 0.2) is 6.29 Å². The van der Waals surface area contributed by atoms with Crippen LogP contribution in [0.15, 0.2) is 12.2 Å². The van der Waals surface area contributed by atoms with Crippen molar-refractivity contribution in [2.45, 2.75) is 19.1 Å². The van der Waals surface area contributed by atoms with Crippen molar-refractivity contribution >= 4 is 5.97 Å². The van der Waals surface area contributed by atoms with Crippen molar-refractivity contribution in [1.29, 1.82) is 0 Å². The zero-order valence-electron chi connectivity index (χ0n) is 15.5. The SMILES string of the molecule is O=C(C=CC(O)OCCCN1CCOCC1)OCCCN1CCOCC1. The van der Waals surface area contributed by atoms with E-state index in [4.69, 9.17) is 18.9 Å². The van der Waals surface area contributed by atoms with E-state index in [1.807, 2.05) is 0 Å². The molecule has 0 spiro atoms. The highest BCUT2D eigenvalue weighted by atomic mass is 16.6. The van der Waals surface area contributed by atoms with E-state index in [9.17, 15) is 9.90 Å². The number of hydrogen-bond acceptors (Lipinski definition) is 8. The van der Waals surface area contributed by atoms with Crippen LogP contribution in [-0.4, -0.2) is 106 Å². The van der Waals surface area contributed by atoms with Crippen molar-refractivity contribution in [3.8, 4) is 0 Å². The van der Waals surface area contributed by atoms with Crippen molar-refractivity contribution in [3.05, 3.63) is 12.2 Å². The number of esters is 1. The van der Waals surface area contributed by atoms with E-state index in [0.717, 1.165) is 78.5 Å². The lowest BCUT2D eigenvalue weighted by atomic mass is 10.3. The van der Waals surface area contributed by atoms with Gasteiger partial charge >= 0.3 is 5.97 Å². The number of carbonyl (C=O) groups is 1. The van der Waals surface area contributed by atoms with Crippen molar-refractivity contribution < 1.29 is 28.8 Å². The van der Waals surface area contributed by atoms with Crippen LogP contribution in [-0.2, 0) is 23.7 Å². The molecular formula is C18H32N2O6. The summed E-state index contributed by atoms with van der Waals surface area (Å²) in [6.07, 6.45) is 3.08. The molecule has 0 radical (unpaired) electrons. The summed E-state index contributed by atoms with van der Waals surface area (Å²) in [5.74, 6) is -0.456. The monoisotopic (exact) mass is 372 g/mol. The van der Waals surface area contributed by atoms with E-state index in [-0.39, 0.29) is 0 Å². The van der Waals surface area contributed by atoms with Gasteiger partial charge in [-0.2, -0.15) is 0 Å². The fourth-order valence-electron chi connectivity index (χ4n) is 2.87. The third-order valence-corrected chi connectivity index (χ3v) is 4.37. The number of aliphatic hydroxyl groups is 1. The zero-order chi connectivity index (χ0) is 18.5. The standard InChI is InChI=1S/C18H32N2O6/c21-17(25-11-1-5-19-7-13-23-14-8-19)3-4-18(22)26-12-2-6-20-9-15-24-16-10-20/h3-4,17,21H,1-2,5-16H2. The van der Waals surface area contributed by atoms with Gasteiger partial charge in [-0.3, -0.25) is 9.80 Å². The Bertz CT molecular complexity index is 408.